The number of rotatable bonds is 6. The fourth-order valence-electron chi connectivity index (χ4n) is 4.96. The zero-order valence-corrected chi connectivity index (χ0v) is 18.8. The first-order chi connectivity index (χ1) is 15.9. The Kier molecular flexibility index (Phi) is 7.82. The average molecular weight is 494 g/mol. The van der Waals surface area contributed by atoms with Crippen molar-refractivity contribution in [1.29, 1.82) is 0 Å². The molecule has 0 spiro atoms. The molecule has 1 aliphatic carbocycles. The minimum atomic E-state index is -5.45. The van der Waals surface area contributed by atoms with Gasteiger partial charge in [-0.25, -0.2) is 4.39 Å². The van der Waals surface area contributed by atoms with Gasteiger partial charge in [-0.2, -0.15) is 30.7 Å². The second-order valence-electron chi connectivity index (χ2n) is 8.63. The molecule has 3 rings (SSSR count). The summed E-state index contributed by atoms with van der Waals surface area (Å²) in [7, 11) is 0. The van der Waals surface area contributed by atoms with Crippen molar-refractivity contribution in [2.75, 3.05) is 6.61 Å². The summed E-state index contributed by atoms with van der Waals surface area (Å²) in [6, 6.07) is 3.53. The molecule has 0 aliphatic heterocycles. The summed E-state index contributed by atoms with van der Waals surface area (Å²) in [6.45, 7) is 3.47. The van der Waals surface area contributed by atoms with Crippen LogP contribution in [0.5, 0.6) is 5.75 Å². The smallest absolute Gasteiger partial charge is 0.417 e. The Hall–Kier alpha value is -2.32. The lowest BCUT2D eigenvalue weighted by Gasteiger charge is -2.32. The van der Waals surface area contributed by atoms with Crippen molar-refractivity contribution in [1.82, 2.24) is 0 Å². The lowest BCUT2D eigenvalue weighted by molar-refractivity contribution is -0.162. The first kappa shape index (κ1) is 26.3. The molecule has 0 atom stereocenters. The van der Waals surface area contributed by atoms with Gasteiger partial charge >= 0.3 is 12.4 Å². The number of halogens is 8. The van der Waals surface area contributed by atoms with Crippen LogP contribution in [0.4, 0.5) is 35.1 Å². The van der Waals surface area contributed by atoms with Gasteiger partial charge in [0.2, 0.25) is 5.82 Å². The molecule has 1 aliphatic rings. The van der Waals surface area contributed by atoms with E-state index in [2.05, 4.69) is 0 Å². The molecule has 1 fully saturated rings. The van der Waals surface area contributed by atoms with Crippen LogP contribution in [-0.2, 0) is 12.4 Å². The molecule has 0 bridgehead atoms. The SMILES string of the molecule is CCCC1CCC(c2ccc(-c3ccc(OCC)c(F)c3F)c(C(F)(F)F)c2C(F)(F)F)CC1. The third-order valence-corrected chi connectivity index (χ3v) is 6.42. The molecule has 34 heavy (non-hydrogen) atoms. The first-order valence-corrected chi connectivity index (χ1v) is 11.3. The van der Waals surface area contributed by atoms with Crippen molar-refractivity contribution in [3.05, 3.63) is 52.6 Å². The van der Waals surface area contributed by atoms with E-state index in [4.69, 9.17) is 4.74 Å². The molecule has 0 N–H and O–H groups in total. The Labute approximate surface area is 193 Å². The molecule has 2 aromatic rings. The van der Waals surface area contributed by atoms with Gasteiger partial charge in [0, 0.05) is 5.56 Å². The number of alkyl halides is 6. The topological polar surface area (TPSA) is 9.23 Å². The summed E-state index contributed by atoms with van der Waals surface area (Å²) in [5, 5.41) is 0. The van der Waals surface area contributed by atoms with E-state index in [0.29, 0.717) is 31.6 Å². The molecule has 9 heteroatoms. The van der Waals surface area contributed by atoms with Crippen LogP contribution in [0.1, 0.15) is 75.0 Å². The Morgan fingerprint density at radius 2 is 1.35 bits per heavy atom. The molecule has 0 radical (unpaired) electrons. The van der Waals surface area contributed by atoms with E-state index in [1.165, 1.54) is 6.92 Å². The number of benzene rings is 2. The Morgan fingerprint density at radius 1 is 0.765 bits per heavy atom. The molecule has 2 aromatic carbocycles. The van der Waals surface area contributed by atoms with Crippen LogP contribution < -0.4 is 4.74 Å². The second kappa shape index (κ2) is 10.1. The van der Waals surface area contributed by atoms with Crippen molar-refractivity contribution >= 4 is 0 Å². The van der Waals surface area contributed by atoms with E-state index in [1.807, 2.05) is 6.92 Å². The summed E-state index contributed by atoms with van der Waals surface area (Å²) in [4.78, 5) is 0. The molecule has 0 unspecified atom stereocenters. The van der Waals surface area contributed by atoms with Crippen molar-refractivity contribution in [3.63, 3.8) is 0 Å². The van der Waals surface area contributed by atoms with Gasteiger partial charge in [0.15, 0.2) is 11.6 Å². The Balaban J connectivity index is 2.20. The van der Waals surface area contributed by atoms with Gasteiger partial charge in [-0.3, -0.25) is 0 Å². The van der Waals surface area contributed by atoms with E-state index < -0.39 is 63.5 Å². The molecule has 0 heterocycles. The summed E-state index contributed by atoms with van der Waals surface area (Å²) >= 11 is 0. The molecule has 1 saturated carbocycles. The summed E-state index contributed by atoms with van der Waals surface area (Å²) in [5.41, 5.74) is -6.20. The van der Waals surface area contributed by atoms with Crippen LogP contribution in [0.3, 0.4) is 0 Å². The molecule has 0 saturated heterocycles. The van der Waals surface area contributed by atoms with Crippen LogP contribution >= 0.6 is 0 Å². The highest BCUT2D eigenvalue weighted by Crippen LogP contribution is 2.51. The largest absolute Gasteiger partial charge is 0.491 e. The maximum atomic E-state index is 14.7. The number of ether oxygens (including phenoxy) is 1. The van der Waals surface area contributed by atoms with Crippen LogP contribution in [0.25, 0.3) is 11.1 Å². The second-order valence-corrected chi connectivity index (χ2v) is 8.63. The minimum absolute atomic E-state index is 0.0308. The van der Waals surface area contributed by atoms with Gasteiger partial charge in [0.05, 0.1) is 17.7 Å². The maximum Gasteiger partial charge on any atom is 0.417 e. The predicted octanol–water partition coefficient (Wildman–Crippen LogP) is 9.14. The zero-order valence-electron chi connectivity index (χ0n) is 18.8. The van der Waals surface area contributed by atoms with Gasteiger partial charge in [-0.1, -0.05) is 31.9 Å². The van der Waals surface area contributed by atoms with Crippen LogP contribution in [0.2, 0.25) is 0 Å². The van der Waals surface area contributed by atoms with Crippen LogP contribution in [0, 0.1) is 17.6 Å². The summed E-state index contributed by atoms with van der Waals surface area (Å²) in [6.07, 6.45) is -6.97. The van der Waals surface area contributed by atoms with Gasteiger partial charge in [0.1, 0.15) is 0 Å². The molecule has 1 nitrogen and oxygen atoms in total. The highest BCUT2D eigenvalue weighted by molar-refractivity contribution is 5.72. The van der Waals surface area contributed by atoms with Crippen molar-refractivity contribution in [3.8, 4) is 16.9 Å². The molecular weight excluding hydrogens is 468 g/mol. The average Bonchev–Trinajstić information content (AvgIpc) is 2.76. The predicted molar refractivity (Wildman–Crippen MR) is 113 cm³/mol. The van der Waals surface area contributed by atoms with Crippen LogP contribution in [-0.4, -0.2) is 6.61 Å². The molecule has 0 amide bonds. The van der Waals surface area contributed by atoms with Crippen molar-refractivity contribution < 1.29 is 39.9 Å². The Morgan fingerprint density at radius 3 is 1.88 bits per heavy atom. The molecular formula is C25H26F8O. The van der Waals surface area contributed by atoms with Gasteiger partial charge in [-0.05, 0) is 67.7 Å². The van der Waals surface area contributed by atoms with E-state index in [9.17, 15) is 35.1 Å². The highest BCUT2D eigenvalue weighted by Gasteiger charge is 2.48. The van der Waals surface area contributed by atoms with Crippen molar-refractivity contribution in [2.45, 2.75) is 70.6 Å². The molecule has 0 aromatic heterocycles. The van der Waals surface area contributed by atoms with Gasteiger partial charge in [-0.15, -0.1) is 0 Å². The van der Waals surface area contributed by atoms with Crippen molar-refractivity contribution in [2.24, 2.45) is 5.92 Å². The van der Waals surface area contributed by atoms with Gasteiger partial charge in [0.25, 0.3) is 0 Å². The maximum absolute atomic E-state index is 14.7. The first-order valence-electron chi connectivity index (χ1n) is 11.3. The number of hydrogen-bond donors (Lipinski definition) is 0. The highest BCUT2D eigenvalue weighted by atomic mass is 19.4. The zero-order chi connectivity index (χ0) is 25.3. The third-order valence-electron chi connectivity index (χ3n) is 6.42. The number of hydrogen-bond acceptors (Lipinski definition) is 1. The van der Waals surface area contributed by atoms with E-state index in [-0.39, 0.29) is 6.61 Å². The summed E-state index contributed by atoms with van der Waals surface area (Å²) in [5.74, 6) is -4.13. The quantitative estimate of drug-likeness (QED) is 0.364. The fourth-order valence-corrected chi connectivity index (χ4v) is 4.96. The third kappa shape index (κ3) is 5.33. The lowest BCUT2D eigenvalue weighted by Crippen LogP contribution is -2.23. The van der Waals surface area contributed by atoms with E-state index in [0.717, 1.165) is 37.1 Å². The van der Waals surface area contributed by atoms with E-state index in [1.54, 1.807) is 0 Å². The van der Waals surface area contributed by atoms with E-state index >= 15 is 0 Å². The van der Waals surface area contributed by atoms with Gasteiger partial charge < -0.3 is 4.74 Å². The minimum Gasteiger partial charge on any atom is -0.491 e. The Bertz CT molecular complexity index is 1000. The normalized spacial score (nSPS) is 19.4. The fraction of sp³-hybridized carbons (Fsp3) is 0.520. The lowest BCUT2D eigenvalue weighted by atomic mass is 9.75. The standard InChI is InChI=1S/C25H26F8O/c1-3-5-14-6-8-15(9-7-14)16-10-11-17(21(25(31,32)33)20(16)24(28,29)30)18-12-13-19(34-4-2)23(27)22(18)26/h10-15H,3-9H2,1-2H3. The summed E-state index contributed by atoms with van der Waals surface area (Å²) < 4.78 is 119. The monoisotopic (exact) mass is 494 g/mol. The molecule has 188 valence electrons. The van der Waals surface area contributed by atoms with Crippen LogP contribution in [0.15, 0.2) is 24.3 Å².